The highest BCUT2D eigenvalue weighted by molar-refractivity contribution is 6.30. The van der Waals surface area contributed by atoms with Crippen molar-refractivity contribution in [1.82, 2.24) is 4.98 Å². The monoisotopic (exact) mass is 250 g/mol. The van der Waals surface area contributed by atoms with Gasteiger partial charge in [-0.15, -0.1) is 0 Å². The molecule has 0 aliphatic rings. The molecule has 0 saturated heterocycles. The Labute approximate surface area is 104 Å². The van der Waals surface area contributed by atoms with E-state index in [2.05, 4.69) is 10.3 Å². The lowest BCUT2D eigenvalue weighted by atomic mass is 10.1. The molecule has 0 radical (unpaired) electrons. The van der Waals surface area contributed by atoms with Gasteiger partial charge in [-0.3, -0.25) is 4.98 Å². The number of rotatable bonds is 3. The summed E-state index contributed by atoms with van der Waals surface area (Å²) in [6, 6.07) is 8.13. The van der Waals surface area contributed by atoms with Gasteiger partial charge in [0.2, 0.25) is 0 Å². The van der Waals surface area contributed by atoms with Gasteiger partial charge in [0.25, 0.3) is 0 Å². The number of halogens is 2. The van der Waals surface area contributed by atoms with Crippen molar-refractivity contribution in [3.05, 3.63) is 47.4 Å². The van der Waals surface area contributed by atoms with Gasteiger partial charge in [-0.1, -0.05) is 11.6 Å². The van der Waals surface area contributed by atoms with Crippen LogP contribution in [0.3, 0.4) is 0 Å². The molecule has 1 aromatic carbocycles. The first-order chi connectivity index (χ1) is 8.19. The van der Waals surface area contributed by atoms with Gasteiger partial charge in [-0.25, -0.2) is 4.39 Å². The van der Waals surface area contributed by atoms with E-state index in [1.54, 1.807) is 12.3 Å². The van der Waals surface area contributed by atoms with Gasteiger partial charge in [0.05, 0.1) is 5.69 Å². The molecule has 2 rings (SSSR count). The van der Waals surface area contributed by atoms with Crippen LogP contribution >= 0.6 is 11.6 Å². The maximum atomic E-state index is 13.2. The summed E-state index contributed by atoms with van der Waals surface area (Å²) >= 11 is 5.82. The number of benzene rings is 1. The average Bonchev–Trinajstić information content (AvgIpc) is 2.28. The van der Waals surface area contributed by atoms with Crippen LogP contribution in [0.2, 0.25) is 5.02 Å². The molecule has 1 N–H and O–H groups in total. The number of hydrogen-bond acceptors (Lipinski definition) is 2. The molecule has 2 nitrogen and oxygen atoms in total. The van der Waals surface area contributed by atoms with E-state index in [0.717, 1.165) is 12.2 Å². The number of nitrogens with one attached hydrogen (secondary N) is 1. The van der Waals surface area contributed by atoms with E-state index in [1.807, 2.05) is 19.1 Å². The van der Waals surface area contributed by atoms with Gasteiger partial charge in [0.1, 0.15) is 5.82 Å². The Balaban J connectivity index is 2.41. The highest BCUT2D eigenvalue weighted by atomic mass is 35.5. The SMILES string of the molecule is CCNc1ccnc(-c2cc(F)cc(Cl)c2)c1. The van der Waals surface area contributed by atoms with E-state index in [0.29, 0.717) is 16.3 Å². The fourth-order valence-electron chi connectivity index (χ4n) is 1.60. The summed E-state index contributed by atoms with van der Waals surface area (Å²) in [4.78, 5) is 4.21. The second-order valence-electron chi connectivity index (χ2n) is 3.62. The van der Waals surface area contributed by atoms with Crippen molar-refractivity contribution in [1.29, 1.82) is 0 Å². The molecule has 88 valence electrons. The van der Waals surface area contributed by atoms with Crippen LogP contribution in [0.25, 0.3) is 11.3 Å². The van der Waals surface area contributed by atoms with Crippen LogP contribution in [0, 0.1) is 5.82 Å². The molecular formula is C13H12ClFN2. The zero-order valence-corrected chi connectivity index (χ0v) is 10.1. The number of pyridine rings is 1. The third-order valence-corrected chi connectivity index (χ3v) is 2.52. The van der Waals surface area contributed by atoms with E-state index in [9.17, 15) is 4.39 Å². The second kappa shape index (κ2) is 5.15. The lowest BCUT2D eigenvalue weighted by Crippen LogP contribution is -1.97. The smallest absolute Gasteiger partial charge is 0.125 e. The second-order valence-corrected chi connectivity index (χ2v) is 4.05. The maximum Gasteiger partial charge on any atom is 0.125 e. The summed E-state index contributed by atoms with van der Waals surface area (Å²) in [5, 5.41) is 3.55. The van der Waals surface area contributed by atoms with Crippen molar-refractivity contribution in [3.8, 4) is 11.3 Å². The molecule has 0 atom stereocenters. The van der Waals surface area contributed by atoms with E-state index < -0.39 is 0 Å². The fraction of sp³-hybridized carbons (Fsp3) is 0.154. The Morgan fingerprint density at radius 1 is 1.29 bits per heavy atom. The normalized spacial score (nSPS) is 10.3. The van der Waals surface area contributed by atoms with Crippen molar-refractivity contribution in [3.63, 3.8) is 0 Å². The fourth-order valence-corrected chi connectivity index (χ4v) is 1.83. The molecule has 17 heavy (non-hydrogen) atoms. The predicted molar refractivity (Wildman–Crippen MR) is 68.8 cm³/mol. The molecule has 1 aromatic heterocycles. The van der Waals surface area contributed by atoms with Crippen LogP contribution in [-0.2, 0) is 0 Å². The minimum atomic E-state index is -0.358. The van der Waals surface area contributed by atoms with Gasteiger partial charge in [0.15, 0.2) is 0 Å². The first-order valence-corrected chi connectivity index (χ1v) is 5.73. The van der Waals surface area contributed by atoms with Crippen LogP contribution in [0.5, 0.6) is 0 Å². The largest absolute Gasteiger partial charge is 0.385 e. The summed E-state index contributed by atoms with van der Waals surface area (Å²) < 4.78 is 13.2. The Kier molecular flexibility index (Phi) is 3.59. The van der Waals surface area contributed by atoms with Crippen molar-refractivity contribution < 1.29 is 4.39 Å². The van der Waals surface area contributed by atoms with Gasteiger partial charge in [0, 0.05) is 29.0 Å². The Hall–Kier alpha value is -1.61. The molecule has 0 fully saturated rings. The average molecular weight is 251 g/mol. The van der Waals surface area contributed by atoms with Crippen LogP contribution in [0.4, 0.5) is 10.1 Å². The van der Waals surface area contributed by atoms with Crippen LogP contribution in [-0.4, -0.2) is 11.5 Å². The first-order valence-electron chi connectivity index (χ1n) is 5.35. The third-order valence-electron chi connectivity index (χ3n) is 2.30. The molecule has 0 aliphatic heterocycles. The standard InChI is InChI=1S/C13H12ClFN2/c1-2-16-12-3-4-17-13(8-12)9-5-10(14)7-11(15)6-9/h3-8H,2H2,1H3,(H,16,17). The first kappa shape index (κ1) is 11.9. The summed E-state index contributed by atoms with van der Waals surface area (Å²) in [5.74, 6) is -0.358. The molecule has 1 heterocycles. The summed E-state index contributed by atoms with van der Waals surface area (Å²) in [6.45, 7) is 2.84. The number of nitrogens with zero attached hydrogens (tertiary/aromatic N) is 1. The van der Waals surface area contributed by atoms with Crippen LogP contribution < -0.4 is 5.32 Å². The number of hydrogen-bond donors (Lipinski definition) is 1. The van der Waals surface area contributed by atoms with E-state index >= 15 is 0 Å². The number of anilines is 1. The molecular weight excluding hydrogens is 239 g/mol. The molecule has 0 bridgehead atoms. The quantitative estimate of drug-likeness (QED) is 0.892. The molecule has 0 spiro atoms. The number of aromatic nitrogens is 1. The summed E-state index contributed by atoms with van der Waals surface area (Å²) in [7, 11) is 0. The zero-order chi connectivity index (χ0) is 12.3. The zero-order valence-electron chi connectivity index (χ0n) is 9.37. The Bertz CT molecular complexity index is 508. The van der Waals surface area contributed by atoms with Crippen molar-refractivity contribution in [2.24, 2.45) is 0 Å². The molecule has 0 saturated carbocycles. The Morgan fingerprint density at radius 2 is 2.12 bits per heavy atom. The minimum absolute atomic E-state index is 0.358. The van der Waals surface area contributed by atoms with E-state index in [4.69, 9.17) is 11.6 Å². The van der Waals surface area contributed by atoms with Crippen molar-refractivity contribution in [2.45, 2.75) is 6.92 Å². The summed E-state index contributed by atoms with van der Waals surface area (Å²) in [5.41, 5.74) is 2.33. The molecule has 0 aliphatic carbocycles. The van der Waals surface area contributed by atoms with Gasteiger partial charge < -0.3 is 5.32 Å². The minimum Gasteiger partial charge on any atom is -0.385 e. The van der Waals surface area contributed by atoms with Crippen LogP contribution in [0.15, 0.2) is 36.5 Å². The molecule has 0 unspecified atom stereocenters. The lowest BCUT2D eigenvalue weighted by Gasteiger charge is -2.06. The van der Waals surface area contributed by atoms with Gasteiger partial charge >= 0.3 is 0 Å². The van der Waals surface area contributed by atoms with Crippen LogP contribution in [0.1, 0.15) is 6.92 Å². The molecule has 4 heteroatoms. The van der Waals surface area contributed by atoms with Gasteiger partial charge in [-0.05, 0) is 37.3 Å². The topological polar surface area (TPSA) is 24.9 Å². The highest BCUT2D eigenvalue weighted by Crippen LogP contribution is 2.24. The molecule has 0 amide bonds. The summed E-state index contributed by atoms with van der Waals surface area (Å²) in [6.07, 6.45) is 1.69. The maximum absolute atomic E-state index is 13.2. The Morgan fingerprint density at radius 3 is 2.82 bits per heavy atom. The molecule has 2 aromatic rings. The van der Waals surface area contributed by atoms with Crippen molar-refractivity contribution >= 4 is 17.3 Å². The lowest BCUT2D eigenvalue weighted by molar-refractivity contribution is 0.628. The van der Waals surface area contributed by atoms with E-state index in [1.165, 1.54) is 12.1 Å². The third kappa shape index (κ3) is 2.94. The predicted octanol–water partition coefficient (Wildman–Crippen LogP) is 3.97. The highest BCUT2D eigenvalue weighted by Gasteiger charge is 2.04. The van der Waals surface area contributed by atoms with Gasteiger partial charge in [-0.2, -0.15) is 0 Å². The van der Waals surface area contributed by atoms with Crippen molar-refractivity contribution in [2.75, 3.05) is 11.9 Å². The van der Waals surface area contributed by atoms with E-state index in [-0.39, 0.29) is 5.82 Å².